The quantitative estimate of drug-likeness (QED) is 0.251. The summed E-state index contributed by atoms with van der Waals surface area (Å²) >= 11 is 0. The van der Waals surface area contributed by atoms with Crippen molar-refractivity contribution in [3.63, 3.8) is 0 Å². The van der Waals surface area contributed by atoms with Crippen LogP contribution < -0.4 is 0 Å². The third kappa shape index (κ3) is 943. The Balaban J connectivity index is 0. The van der Waals surface area contributed by atoms with Crippen molar-refractivity contribution >= 4 is 107 Å². The standard InChI is InChI=1S/4Al.3ClH.13H2O.Zr.12H/h;;;;3*1H;13*1H2;;;;;;;;;;;;;. The summed E-state index contributed by atoms with van der Waals surface area (Å²) in [5, 5.41) is 0. The fraction of sp³-hybridized carbons (Fsp3) is 0. The molecule has 21 heteroatoms. The smallest absolute Gasteiger partial charge is 0.187 e. The molecule has 0 aromatic carbocycles. The Bertz CT molecular complexity index is 31.4. The normalized spacial score (nSPS) is 0. The van der Waals surface area contributed by atoms with Gasteiger partial charge < -0.3 is 71.2 Å². The molecule has 0 aliphatic rings. The van der Waals surface area contributed by atoms with Crippen molar-refractivity contribution in [2.24, 2.45) is 0 Å². The zero-order chi connectivity index (χ0) is 0. The van der Waals surface area contributed by atoms with E-state index in [1.165, 1.54) is 0 Å². The molecule has 0 fully saturated rings. The average molecular weight is 555 g/mol. The van der Waals surface area contributed by atoms with Gasteiger partial charge in [-0.3, -0.25) is 0 Å². The van der Waals surface area contributed by atoms with Crippen molar-refractivity contribution in [2.45, 2.75) is 0 Å². The van der Waals surface area contributed by atoms with Crippen LogP contribution in [0.25, 0.3) is 0 Å². The third-order valence-corrected chi connectivity index (χ3v) is 0. The zero-order valence-corrected chi connectivity index (χ0v) is 13.1. The van der Waals surface area contributed by atoms with E-state index >= 15 is 0 Å². The summed E-state index contributed by atoms with van der Waals surface area (Å²) in [5.41, 5.74) is 0. The first-order chi connectivity index (χ1) is 0. The van der Waals surface area contributed by atoms with Gasteiger partial charge in [-0.05, 0) is 0 Å². The summed E-state index contributed by atoms with van der Waals surface area (Å²) in [5.74, 6) is 0. The molecular formula is H41Al4Cl3O13Zr. The molecular weight excluding hydrogens is 513 g/mol. The maximum absolute atomic E-state index is 0. The summed E-state index contributed by atoms with van der Waals surface area (Å²) in [4.78, 5) is 0. The van der Waals surface area contributed by atoms with Crippen LogP contribution in [-0.4, -0.2) is 141 Å². The van der Waals surface area contributed by atoms with Crippen LogP contribution in [0.2, 0.25) is 0 Å². The van der Waals surface area contributed by atoms with Crippen LogP contribution in [0.3, 0.4) is 0 Å². The third-order valence-electron chi connectivity index (χ3n) is 0. The first-order valence-corrected chi connectivity index (χ1v) is 0. The summed E-state index contributed by atoms with van der Waals surface area (Å²) in [7, 11) is 0. The van der Waals surface area contributed by atoms with Crippen LogP contribution in [0.1, 0.15) is 0 Å². The number of hydrogen-bond acceptors (Lipinski definition) is 0. The summed E-state index contributed by atoms with van der Waals surface area (Å²) < 4.78 is 0. The van der Waals surface area contributed by atoms with Gasteiger partial charge in [0.1, 0.15) is 0 Å². The van der Waals surface area contributed by atoms with E-state index in [0.717, 1.165) is 0 Å². The first-order valence-electron chi connectivity index (χ1n) is 0. The van der Waals surface area contributed by atoms with E-state index in [-0.39, 0.29) is 204 Å². The molecule has 0 saturated carbocycles. The monoisotopic (exact) mass is 552 g/mol. The topological polar surface area (TPSA) is 410 Å². The fourth-order valence-corrected chi connectivity index (χ4v) is 0. The molecule has 0 aliphatic carbocycles. The second kappa shape index (κ2) is 1030. The molecule has 0 amide bonds. The Morgan fingerprint density at radius 3 is 0.190 bits per heavy atom. The Kier molecular flexibility index (Phi) is 57800. The van der Waals surface area contributed by atoms with Gasteiger partial charge in [-0.1, -0.05) is 0 Å². The molecule has 156 valence electrons. The number of hydrogen-bond donors (Lipinski definition) is 0. The molecule has 0 heterocycles. The van der Waals surface area contributed by atoms with Crippen LogP contribution in [-0.2, 0) is 26.2 Å². The zero-order valence-electron chi connectivity index (χ0n) is 8.22. The summed E-state index contributed by atoms with van der Waals surface area (Å²) in [6, 6.07) is 0. The Morgan fingerprint density at radius 1 is 0.190 bits per heavy atom. The van der Waals surface area contributed by atoms with Gasteiger partial charge in [-0.15, -0.1) is 37.2 Å². The van der Waals surface area contributed by atoms with Crippen molar-refractivity contribution < 1.29 is 97.4 Å². The Labute approximate surface area is 202 Å². The molecule has 0 aromatic rings. The maximum atomic E-state index is 0. The van der Waals surface area contributed by atoms with E-state index in [1.54, 1.807) is 0 Å². The van der Waals surface area contributed by atoms with Crippen LogP contribution in [0.5, 0.6) is 0 Å². The molecule has 13 nitrogen and oxygen atoms in total. The largest absolute Gasteiger partial charge is 0.412 e. The minimum Gasteiger partial charge on any atom is -0.412 e. The molecule has 0 atom stereocenters. The van der Waals surface area contributed by atoms with Crippen LogP contribution in [0.15, 0.2) is 0 Å². The minimum atomic E-state index is 0. The van der Waals surface area contributed by atoms with Gasteiger partial charge in [0.15, 0.2) is 69.4 Å². The van der Waals surface area contributed by atoms with Crippen molar-refractivity contribution in [1.29, 1.82) is 0 Å². The number of rotatable bonds is 0. The van der Waals surface area contributed by atoms with E-state index in [4.69, 9.17) is 0 Å². The van der Waals surface area contributed by atoms with Gasteiger partial charge in [-0.2, -0.15) is 0 Å². The molecule has 0 unspecified atom stereocenters. The predicted octanol–water partition coefficient (Wildman–Crippen LogP) is -14.2. The molecule has 0 spiro atoms. The molecule has 0 aromatic heterocycles. The van der Waals surface area contributed by atoms with E-state index in [9.17, 15) is 0 Å². The summed E-state index contributed by atoms with van der Waals surface area (Å²) in [6.07, 6.45) is 0. The fourth-order valence-electron chi connectivity index (χ4n) is 0. The predicted molar refractivity (Wildman–Crippen MR) is 108 cm³/mol. The SMILES string of the molecule is Cl.Cl.Cl.O.O.O.O.O.O.O.O.O.O.O.O.O.[AlH3].[AlH3].[AlH3].[AlH3].[Zr]. The molecule has 26 N–H and O–H groups in total. The molecule has 21 heavy (non-hydrogen) atoms. The van der Waals surface area contributed by atoms with E-state index < -0.39 is 0 Å². The van der Waals surface area contributed by atoms with Gasteiger partial charge in [0.05, 0.1) is 0 Å². The van der Waals surface area contributed by atoms with Gasteiger partial charge >= 0.3 is 0 Å². The summed E-state index contributed by atoms with van der Waals surface area (Å²) in [6.45, 7) is 0. The van der Waals surface area contributed by atoms with E-state index in [1.807, 2.05) is 0 Å². The van der Waals surface area contributed by atoms with Crippen molar-refractivity contribution in [3.8, 4) is 0 Å². The molecule has 0 bridgehead atoms. The molecule has 0 rings (SSSR count). The van der Waals surface area contributed by atoms with Gasteiger partial charge in [0, 0.05) is 26.2 Å². The van der Waals surface area contributed by atoms with Crippen LogP contribution >= 0.6 is 37.2 Å². The van der Waals surface area contributed by atoms with E-state index in [2.05, 4.69) is 0 Å². The van der Waals surface area contributed by atoms with E-state index in [0.29, 0.717) is 0 Å². The second-order valence-electron chi connectivity index (χ2n) is 0. The van der Waals surface area contributed by atoms with Crippen LogP contribution in [0, 0.1) is 0 Å². The maximum Gasteiger partial charge on any atom is 0.187 e. The minimum absolute atomic E-state index is 0. The Hall–Kier alpha value is 3.36. The second-order valence-corrected chi connectivity index (χ2v) is 0. The number of halogens is 3. The molecule has 0 saturated heterocycles. The van der Waals surface area contributed by atoms with Gasteiger partial charge in [0.2, 0.25) is 0 Å². The Morgan fingerprint density at radius 2 is 0.190 bits per heavy atom. The first kappa shape index (κ1) is 1180. The molecule has 0 aliphatic heterocycles. The van der Waals surface area contributed by atoms with Gasteiger partial charge in [-0.25, -0.2) is 0 Å². The van der Waals surface area contributed by atoms with Gasteiger partial charge in [0.25, 0.3) is 0 Å². The molecule has 0 radical (unpaired) electrons. The van der Waals surface area contributed by atoms with Crippen molar-refractivity contribution in [3.05, 3.63) is 0 Å². The van der Waals surface area contributed by atoms with Crippen molar-refractivity contribution in [2.75, 3.05) is 0 Å². The van der Waals surface area contributed by atoms with Crippen LogP contribution in [0.4, 0.5) is 0 Å². The average Bonchev–Trinajstić information content (AvgIpc) is 0. The van der Waals surface area contributed by atoms with Crippen molar-refractivity contribution in [1.82, 2.24) is 0 Å².